The second-order valence-corrected chi connectivity index (χ2v) is 8.56. The van der Waals surface area contributed by atoms with E-state index in [0.717, 1.165) is 23.4 Å². The number of rotatable bonds is 8. The molecule has 0 N–H and O–H groups in total. The second kappa shape index (κ2) is 10.5. The van der Waals surface area contributed by atoms with Gasteiger partial charge in [0.05, 0.1) is 16.4 Å². The van der Waals surface area contributed by atoms with E-state index < -0.39 is 0 Å². The van der Waals surface area contributed by atoms with Crippen LogP contribution < -0.4 is 0 Å². The summed E-state index contributed by atoms with van der Waals surface area (Å²) in [4.78, 5) is 17.9. The smallest absolute Gasteiger partial charge is 0.272 e. The van der Waals surface area contributed by atoms with E-state index in [4.69, 9.17) is 16.7 Å². The fourth-order valence-electron chi connectivity index (χ4n) is 3.64. The monoisotopic (exact) mass is 458 g/mol. The van der Waals surface area contributed by atoms with Gasteiger partial charge in [-0.2, -0.15) is 5.10 Å². The van der Waals surface area contributed by atoms with Gasteiger partial charge in [0.1, 0.15) is 5.69 Å². The van der Waals surface area contributed by atoms with E-state index in [-0.39, 0.29) is 5.91 Å². The number of carbonyl (C=O) groups excluding carboxylic acids is 1. The van der Waals surface area contributed by atoms with Gasteiger partial charge in [0.2, 0.25) is 0 Å². The largest absolute Gasteiger partial charge is 0.332 e. The van der Waals surface area contributed by atoms with Crippen molar-refractivity contribution in [3.8, 4) is 16.9 Å². The molecule has 5 nitrogen and oxygen atoms in total. The van der Waals surface area contributed by atoms with Crippen LogP contribution in [-0.2, 0) is 6.54 Å². The highest BCUT2D eigenvalue weighted by molar-refractivity contribution is 6.33. The van der Waals surface area contributed by atoms with E-state index in [0.29, 0.717) is 29.5 Å². The minimum absolute atomic E-state index is 0.0737. The number of hydrogen-bond acceptors (Lipinski definition) is 3. The van der Waals surface area contributed by atoms with E-state index in [9.17, 15) is 4.79 Å². The molecular formula is C27H27ClN4O. The standard InChI is InChI=1S/C27H27ClN4O/c1-30(2)17-18-31(20-21-11-5-3-6-12-21)27(33)26-19-25(23-15-9-10-16-24(23)28)29-32(26)22-13-7-4-8-14-22/h3-16,19H,17-18,20H2,1-2H3. The molecule has 0 spiro atoms. The first-order valence-electron chi connectivity index (χ1n) is 10.9. The summed E-state index contributed by atoms with van der Waals surface area (Å²) in [6.07, 6.45) is 0. The van der Waals surface area contributed by atoms with Gasteiger partial charge in [0, 0.05) is 25.2 Å². The van der Waals surface area contributed by atoms with Crippen molar-refractivity contribution in [2.45, 2.75) is 6.54 Å². The Kier molecular flexibility index (Phi) is 7.23. The summed E-state index contributed by atoms with van der Waals surface area (Å²) in [6.45, 7) is 1.88. The number of likely N-dealkylation sites (N-methyl/N-ethyl adjacent to an activating group) is 1. The number of carbonyl (C=O) groups is 1. The fraction of sp³-hybridized carbons (Fsp3) is 0.185. The maximum absolute atomic E-state index is 13.9. The third-order valence-corrected chi connectivity index (χ3v) is 5.73. The molecule has 3 aromatic carbocycles. The Morgan fingerprint density at radius 2 is 1.52 bits per heavy atom. The van der Waals surface area contributed by atoms with Crippen molar-refractivity contribution < 1.29 is 4.79 Å². The minimum Gasteiger partial charge on any atom is -0.332 e. The van der Waals surface area contributed by atoms with Crippen molar-refractivity contribution in [3.63, 3.8) is 0 Å². The average Bonchev–Trinajstić information content (AvgIpc) is 3.28. The summed E-state index contributed by atoms with van der Waals surface area (Å²) >= 11 is 6.45. The van der Waals surface area contributed by atoms with Crippen LogP contribution in [0.2, 0.25) is 5.02 Å². The number of para-hydroxylation sites is 1. The number of benzene rings is 3. The number of hydrogen-bond donors (Lipinski definition) is 0. The highest BCUT2D eigenvalue weighted by atomic mass is 35.5. The molecule has 4 aromatic rings. The first-order valence-corrected chi connectivity index (χ1v) is 11.3. The molecule has 1 aromatic heterocycles. The number of amides is 1. The van der Waals surface area contributed by atoms with E-state index >= 15 is 0 Å². The summed E-state index contributed by atoms with van der Waals surface area (Å²) in [5.41, 5.74) is 3.88. The van der Waals surface area contributed by atoms with Crippen LogP contribution in [0, 0.1) is 0 Å². The second-order valence-electron chi connectivity index (χ2n) is 8.16. The van der Waals surface area contributed by atoms with Gasteiger partial charge >= 0.3 is 0 Å². The van der Waals surface area contributed by atoms with Gasteiger partial charge in [-0.15, -0.1) is 0 Å². The van der Waals surface area contributed by atoms with Crippen molar-refractivity contribution in [1.82, 2.24) is 19.6 Å². The number of nitrogens with zero attached hydrogens (tertiary/aromatic N) is 4. The minimum atomic E-state index is -0.0737. The lowest BCUT2D eigenvalue weighted by atomic mass is 10.1. The Balaban J connectivity index is 1.76. The Labute approximate surface area is 199 Å². The normalized spacial score (nSPS) is 11.0. The van der Waals surface area contributed by atoms with Crippen molar-refractivity contribution in [1.29, 1.82) is 0 Å². The van der Waals surface area contributed by atoms with Gasteiger partial charge in [-0.1, -0.05) is 78.3 Å². The quantitative estimate of drug-likeness (QED) is 0.355. The van der Waals surface area contributed by atoms with Crippen molar-refractivity contribution >= 4 is 17.5 Å². The zero-order valence-electron chi connectivity index (χ0n) is 18.9. The first kappa shape index (κ1) is 22.8. The van der Waals surface area contributed by atoms with Crippen molar-refractivity contribution in [2.24, 2.45) is 0 Å². The van der Waals surface area contributed by atoms with Crippen molar-refractivity contribution in [3.05, 3.63) is 107 Å². The Morgan fingerprint density at radius 3 is 2.18 bits per heavy atom. The van der Waals surface area contributed by atoms with Crippen LogP contribution in [-0.4, -0.2) is 52.7 Å². The van der Waals surface area contributed by atoms with Gasteiger partial charge in [-0.3, -0.25) is 4.79 Å². The fourth-order valence-corrected chi connectivity index (χ4v) is 3.87. The molecule has 0 aliphatic heterocycles. The van der Waals surface area contributed by atoms with Crippen LogP contribution in [0.4, 0.5) is 0 Å². The van der Waals surface area contributed by atoms with Gasteiger partial charge in [0.25, 0.3) is 5.91 Å². The van der Waals surface area contributed by atoms with Gasteiger partial charge in [-0.05, 0) is 43.9 Å². The maximum atomic E-state index is 13.9. The molecule has 1 heterocycles. The van der Waals surface area contributed by atoms with E-state index in [1.165, 1.54) is 0 Å². The maximum Gasteiger partial charge on any atom is 0.272 e. The lowest BCUT2D eigenvalue weighted by Crippen LogP contribution is -2.37. The highest BCUT2D eigenvalue weighted by Gasteiger charge is 2.24. The van der Waals surface area contributed by atoms with Crippen LogP contribution in [0.5, 0.6) is 0 Å². The van der Waals surface area contributed by atoms with E-state index in [1.54, 1.807) is 4.68 Å². The predicted molar refractivity (Wildman–Crippen MR) is 134 cm³/mol. The molecule has 6 heteroatoms. The van der Waals surface area contributed by atoms with Crippen LogP contribution in [0.25, 0.3) is 16.9 Å². The third kappa shape index (κ3) is 5.51. The summed E-state index contributed by atoms with van der Waals surface area (Å²) in [5.74, 6) is -0.0737. The SMILES string of the molecule is CN(C)CCN(Cc1ccccc1)C(=O)c1cc(-c2ccccc2Cl)nn1-c1ccccc1. The molecule has 0 bridgehead atoms. The van der Waals surface area contributed by atoms with Gasteiger partial charge < -0.3 is 9.80 Å². The van der Waals surface area contributed by atoms with Gasteiger partial charge in [0.15, 0.2) is 0 Å². The van der Waals surface area contributed by atoms with Crippen LogP contribution in [0.1, 0.15) is 16.1 Å². The molecule has 168 valence electrons. The van der Waals surface area contributed by atoms with Crippen LogP contribution in [0.3, 0.4) is 0 Å². The van der Waals surface area contributed by atoms with Crippen LogP contribution >= 0.6 is 11.6 Å². The highest BCUT2D eigenvalue weighted by Crippen LogP contribution is 2.29. The predicted octanol–water partition coefficient (Wildman–Crippen LogP) is 5.40. The Morgan fingerprint density at radius 1 is 0.879 bits per heavy atom. The van der Waals surface area contributed by atoms with E-state index in [2.05, 4.69) is 4.90 Å². The molecule has 0 fully saturated rings. The molecule has 4 rings (SSSR count). The molecule has 0 aliphatic carbocycles. The number of halogens is 1. The molecule has 0 saturated carbocycles. The molecule has 1 amide bonds. The molecule has 0 atom stereocenters. The average molecular weight is 459 g/mol. The van der Waals surface area contributed by atoms with Crippen LogP contribution in [0.15, 0.2) is 91.0 Å². The lowest BCUT2D eigenvalue weighted by molar-refractivity contribution is 0.0722. The summed E-state index contributed by atoms with van der Waals surface area (Å²) in [6, 6.07) is 29.2. The summed E-state index contributed by atoms with van der Waals surface area (Å²) in [7, 11) is 4.02. The zero-order valence-corrected chi connectivity index (χ0v) is 19.6. The molecule has 0 aliphatic rings. The van der Waals surface area contributed by atoms with Gasteiger partial charge in [-0.25, -0.2) is 4.68 Å². The molecular weight excluding hydrogens is 432 g/mol. The molecule has 0 unspecified atom stereocenters. The van der Waals surface area contributed by atoms with Crippen molar-refractivity contribution in [2.75, 3.05) is 27.2 Å². The Hall–Kier alpha value is -3.41. The molecule has 0 radical (unpaired) electrons. The third-order valence-electron chi connectivity index (χ3n) is 5.40. The topological polar surface area (TPSA) is 41.4 Å². The summed E-state index contributed by atoms with van der Waals surface area (Å²) < 4.78 is 1.72. The Bertz CT molecular complexity index is 1210. The number of aromatic nitrogens is 2. The first-order chi connectivity index (χ1) is 16.0. The summed E-state index contributed by atoms with van der Waals surface area (Å²) in [5, 5.41) is 5.39. The molecule has 0 saturated heterocycles. The van der Waals surface area contributed by atoms with E-state index in [1.807, 2.05) is 110 Å². The zero-order chi connectivity index (χ0) is 23.2. The molecule has 33 heavy (non-hydrogen) atoms. The lowest BCUT2D eigenvalue weighted by Gasteiger charge is -2.25.